The zero-order chi connectivity index (χ0) is 14.5. The highest BCUT2D eigenvalue weighted by Crippen LogP contribution is 2.17. The molecule has 0 spiro atoms. The van der Waals surface area contributed by atoms with Gasteiger partial charge in [0.05, 0.1) is 7.11 Å². The molecule has 0 bridgehead atoms. The molecule has 0 aliphatic heterocycles. The number of rotatable bonds is 4. The van der Waals surface area contributed by atoms with E-state index in [4.69, 9.17) is 4.74 Å². The molecule has 2 rings (SSSR count). The van der Waals surface area contributed by atoms with E-state index >= 15 is 0 Å². The summed E-state index contributed by atoms with van der Waals surface area (Å²) in [6.45, 7) is 2.41. The smallest absolute Gasteiger partial charge is 0.251 e. The SMILES string of the molecule is COc1ccc(C(=O)NCc2ccc(C)cc2)cc1F. The number of hydrogen-bond donors (Lipinski definition) is 1. The van der Waals surface area contributed by atoms with Crippen molar-refractivity contribution >= 4 is 5.91 Å². The minimum Gasteiger partial charge on any atom is -0.494 e. The molecule has 3 nitrogen and oxygen atoms in total. The Hall–Kier alpha value is -2.36. The Morgan fingerprint density at radius 3 is 2.50 bits per heavy atom. The van der Waals surface area contributed by atoms with E-state index in [2.05, 4.69) is 5.32 Å². The Kier molecular flexibility index (Phi) is 4.35. The first-order valence-electron chi connectivity index (χ1n) is 6.27. The summed E-state index contributed by atoms with van der Waals surface area (Å²) in [5, 5.41) is 2.75. The number of halogens is 1. The van der Waals surface area contributed by atoms with Crippen LogP contribution in [0.25, 0.3) is 0 Å². The highest BCUT2D eigenvalue weighted by molar-refractivity contribution is 5.94. The van der Waals surface area contributed by atoms with Crippen molar-refractivity contribution in [3.63, 3.8) is 0 Å². The van der Waals surface area contributed by atoms with E-state index in [1.165, 1.54) is 25.3 Å². The lowest BCUT2D eigenvalue weighted by Gasteiger charge is -2.07. The van der Waals surface area contributed by atoms with E-state index in [1.54, 1.807) is 0 Å². The molecule has 0 saturated carbocycles. The maximum atomic E-state index is 13.5. The number of nitrogens with one attached hydrogen (secondary N) is 1. The van der Waals surface area contributed by atoms with Crippen LogP contribution in [0.4, 0.5) is 4.39 Å². The molecule has 0 aliphatic carbocycles. The predicted molar refractivity (Wildman–Crippen MR) is 75.3 cm³/mol. The molecule has 1 amide bonds. The third kappa shape index (κ3) is 3.35. The first-order valence-corrected chi connectivity index (χ1v) is 6.27. The van der Waals surface area contributed by atoms with Gasteiger partial charge in [0.2, 0.25) is 0 Å². The van der Waals surface area contributed by atoms with Gasteiger partial charge in [-0.2, -0.15) is 0 Å². The van der Waals surface area contributed by atoms with Crippen LogP contribution in [0.15, 0.2) is 42.5 Å². The van der Waals surface area contributed by atoms with Crippen LogP contribution in [0.1, 0.15) is 21.5 Å². The van der Waals surface area contributed by atoms with Crippen LogP contribution in [0.5, 0.6) is 5.75 Å². The summed E-state index contributed by atoms with van der Waals surface area (Å²) in [7, 11) is 1.38. The summed E-state index contributed by atoms with van der Waals surface area (Å²) >= 11 is 0. The molecule has 0 unspecified atom stereocenters. The molecule has 0 saturated heterocycles. The highest BCUT2D eigenvalue weighted by Gasteiger charge is 2.09. The molecule has 0 fully saturated rings. The number of carbonyl (C=O) groups is 1. The number of ether oxygens (including phenoxy) is 1. The predicted octanol–water partition coefficient (Wildman–Crippen LogP) is 3.07. The van der Waals surface area contributed by atoms with Gasteiger partial charge in [0, 0.05) is 12.1 Å². The molecule has 20 heavy (non-hydrogen) atoms. The molecule has 0 radical (unpaired) electrons. The fourth-order valence-electron chi connectivity index (χ4n) is 1.80. The molecule has 2 aromatic rings. The fraction of sp³-hybridized carbons (Fsp3) is 0.188. The summed E-state index contributed by atoms with van der Waals surface area (Å²) in [6, 6.07) is 12.0. The average Bonchev–Trinajstić information content (AvgIpc) is 2.46. The molecule has 104 valence electrons. The van der Waals surface area contributed by atoms with E-state index in [9.17, 15) is 9.18 Å². The lowest BCUT2D eigenvalue weighted by molar-refractivity contribution is 0.0950. The Bertz CT molecular complexity index is 608. The summed E-state index contributed by atoms with van der Waals surface area (Å²) in [5.74, 6) is -0.734. The van der Waals surface area contributed by atoms with Crippen LogP contribution in [0.2, 0.25) is 0 Å². The van der Waals surface area contributed by atoms with Gasteiger partial charge in [0.1, 0.15) is 0 Å². The van der Waals surface area contributed by atoms with Crippen molar-refractivity contribution in [2.24, 2.45) is 0 Å². The molecular formula is C16H16FNO2. The zero-order valence-corrected chi connectivity index (χ0v) is 11.4. The topological polar surface area (TPSA) is 38.3 Å². The fourth-order valence-corrected chi connectivity index (χ4v) is 1.80. The average molecular weight is 273 g/mol. The molecule has 0 aliphatic rings. The van der Waals surface area contributed by atoms with Crippen molar-refractivity contribution in [2.75, 3.05) is 7.11 Å². The van der Waals surface area contributed by atoms with Gasteiger partial charge < -0.3 is 10.1 Å². The van der Waals surface area contributed by atoms with Crippen molar-refractivity contribution in [3.8, 4) is 5.75 Å². The van der Waals surface area contributed by atoms with E-state index in [1.807, 2.05) is 31.2 Å². The lowest BCUT2D eigenvalue weighted by Crippen LogP contribution is -2.22. The number of aryl methyl sites for hydroxylation is 1. The minimum absolute atomic E-state index is 0.125. The van der Waals surface area contributed by atoms with Crippen LogP contribution in [-0.4, -0.2) is 13.0 Å². The van der Waals surface area contributed by atoms with E-state index in [0.29, 0.717) is 6.54 Å². The number of amides is 1. The number of benzene rings is 2. The van der Waals surface area contributed by atoms with E-state index < -0.39 is 5.82 Å². The minimum atomic E-state index is -0.546. The van der Waals surface area contributed by atoms with E-state index in [-0.39, 0.29) is 17.2 Å². The van der Waals surface area contributed by atoms with Crippen molar-refractivity contribution in [2.45, 2.75) is 13.5 Å². The van der Waals surface area contributed by atoms with Crippen molar-refractivity contribution < 1.29 is 13.9 Å². The molecule has 2 aromatic carbocycles. The van der Waals surface area contributed by atoms with Gasteiger partial charge >= 0.3 is 0 Å². The first kappa shape index (κ1) is 14.1. The first-order chi connectivity index (χ1) is 9.60. The third-order valence-corrected chi connectivity index (χ3v) is 2.99. The summed E-state index contributed by atoms with van der Waals surface area (Å²) in [4.78, 5) is 11.9. The molecule has 1 N–H and O–H groups in total. The van der Waals surface area contributed by atoms with Gasteiger partial charge in [-0.25, -0.2) is 4.39 Å². The summed E-state index contributed by atoms with van der Waals surface area (Å²) in [6.07, 6.45) is 0. The maximum Gasteiger partial charge on any atom is 0.251 e. The molecule has 0 atom stereocenters. The number of methoxy groups -OCH3 is 1. The lowest BCUT2D eigenvalue weighted by atomic mass is 10.1. The van der Waals surface area contributed by atoms with Crippen LogP contribution in [-0.2, 0) is 6.54 Å². The second kappa shape index (κ2) is 6.19. The summed E-state index contributed by atoms with van der Waals surface area (Å²) in [5.41, 5.74) is 2.44. The second-order valence-corrected chi connectivity index (χ2v) is 4.52. The standard InChI is InChI=1S/C16H16FNO2/c1-11-3-5-12(6-4-11)10-18-16(19)13-7-8-15(20-2)14(17)9-13/h3-9H,10H2,1-2H3,(H,18,19). The Labute approximate surface area is 117 Å². The van der Waals surface area contributed by atoms with Crippen molar-refractivity contribution in [3.05, 3.63) is 65.0 Å². The monoisotopic (exact) mass is 273 g/mol. The highest BCUT2D eigenvalue weighted by atomic mass is 19.1. The quantitative estimate of drug-likeness (QED) is 0.929. The zero-order valence-electron chi connectivity index (χ0n) is 11.4. The van der Waals surface area contributed by atoms with Gasteiger partial charge in [-0.15, -0.1) is 0 Å². The normalized spacial score (nSPS) is 10.2. The van der Waals surface area contributed by atoms with Gasteiger partial charge in [-0.05, 0) is 30.7 Å². The van der Waals surface area contributed by atoms with Crippen molar-refractivity contribution in [1.29, 1.82) is 0 Å². The second-order valence-electron chi connectivity index (χ2n) is 4.52. The van der Waals surface area contributed by atoms with Crippen molar-refractivity contribution in [1.82, 2.24) is 5.32 Å². The third-order valence-electron chi connectivity index (χ3n) is 2.99. The van der Waals surface area contributed by atoms with Crippen LogP contribution >= 0.6 is 0 Å². The van der Waals surface area contributed by atoms with Gasteiger partial charge in [0.15, 0.2) is 11.6 Å². The largest absolute Gasteiger partial charge is 0.494 e. The van der Waals surface area contributed by atoms with E-state index in [0.717, 1.165) is 11.1 Å². The van der Waals surface area contributed by atoms with Crippen LogP contribution in [0, 0.1) is 12.7 Å². The maximum absolute atomic E-state index is 13.5. The Balaban J connectivity index is 2.01. The molecule has 0 heterocycles. The molecule has 4 heteroatoms. The Morgan fingerprint density at radius 2 is 1.90 bits per heavy atom. The Morgan fingerprint density at radius 1 is 1.20 bits per heavy atom. The van der Waals surface area contributed by atoms with Crippen LogP contribution in [0.3, 0.4) is 0 Å². The number of carbonyl (C=O) groups excluding carboxylic acids is 1. The molecular weight excluding hydrogens is 257 g/mol. The molecule has 0 aromatic heterocycles. The summed E-state index contributed by atoms with van der Waals surface area (Å²) < 4.78 is 18.3. The van der Waals surface area contributed by atoms with Gasteiger partial charge in [-0.3, -0.25) is 4.79 Å². The van der Waals surface area contributed by atoms with Crippen LogP contribution < -0.4 is 10.1 Å². The van der Waals surface area contributed by atoms with Gasteiger partial charge in [0.25, 0.3) is 5.91 Å². The van der Waals surface area contributed by atoms with Gasteiger partial charge in [-0.1, -0.05) is 29.8 Å². The number of hydrogen-bond acceptors (Lipinski definition) is 2.